The molecule has 0 spiro atoms. The second-order valence-electron chi connectivity index (χ2n) is 11.5. The highest BCUT2D eigenvalue weighted by molar-refractivity contribution is 7.14. The van der Waals surface area contributed by atoms with Gasteiger partial charge in [0.25, 0.3) is 5.91 Å². The highest BCUT2D eigenvalue weighted by atomic mass is 35.5. The largest absolute Gasteiger partial charge is 0.369 e. The molecule has 41 heavy (non-hydrogen) atoms. The summed E-state index contributed by atoms with van der Waals surface area (Å²) in [4.78, 5) is 38.4. The molecule has 0 unspecified atom stereocenters. The number of piperazine rings is 1. The van der Waals surface area contributed by atoms with Gasteiger partial charge >= 0.3 is 0 Å². The van der Waals surface area contributed by atoms with Gasteiger partial charge in [-0.15, -0.1) is 22.9 Å². The zero-order valence-electron chi connectivity index (χ0n) is 24.3. The molecule has 10 nitrogen and oxygen atoms in total. The average molecular weight is 606 g/mol. The third-order valence-corrected chi connectivity index (χ3v) is 9.58. The normalized spacial score (nSPS) is 25.0. The number of methoxy groups -OCH3 is 2. The number of hydrogen-bond donors (Lipinski definition) is 1. The Morgan fingerprint density at radius 3 is 2.49 bits per heavy atom. The Balaban J connectivity index is 1.28. The van der Waals surface area contributed by atoms with E-state index in [4.69, 9.17) is 30.8 Å². The summed E-state index contributed by atoms with van der Waals surface area (Å²) in [5, 5.41) is 5.66. The van der Waals surface area contributed by atoms with Crippen LogP contribution in [0.4, 0.5) is 5.13 Å². The van der Waals surface area contributed by atoms with Crippen LogP contribution in [0.3, 0.4) is 0 Å². The summed E-state index contributed by atoms with van der Waals surface area (Å²) in [6.45, 7) is 8.49. The van der Waals surface area contributed by atoms with Gasteiger partial charge in [-0.1, -0.05) is 26.0 Å². The number of aromatic nitrogens is 1. The molecule has 3 fully saturated rings. The molecule has 4 atom stereocenters. The van der Waals surface area contributed by atoms with Crippen molar-refractivity contribution in [3.8, 4) is 11.3 Å². The van der Waals surface area contributed by atoms with Gasteiger partial charge in [0.05, 0.1) is 11.1 Å². The fraction of sp³-hybridized carbons (Fsp3) is 0.621. The number of alkyl halides is 1. The second kappa shape index (κ2) is 12.5. The van der Waals surface area contributed by atoms with Crippen LogP contribution in [-0.2, 0) is 19.0 Å². The van der Waals surface area contributed by atoms with E-state index >= 15 is 0 Å². The molecule has 1 N–H and O–H groups in total. The lowest BCUT2D eigenvalue weighted by Gasteiger charge is -2.37. The van der Waals surface area contributed by atoms with E-state index < -0.39 is 29.4 Å². The van der Waals surface area contributed by atoms with Crippen LogP contribution in [0.1, 0.15) is 30.6 Å². The predicted octanol–water partition coefficient (Wildman–Crippen LogP) is 2.91. The van der Waals surface area contributed by atoms with E-state index in [0.717, 1.165) is 42.6 Å². The Hall–Kier alpha value is -2.28. The molecule has 1 aromatic heterocycles. The molecule has 0 aliphatic carbocycles. The lowest BCUT2D eigenvalue weighted by Crippen LogP contribution is -2.58. The number of anilines is 1. The van der Waals surface area contributed by atoms with Crippen LogP contribution in [0.15, 0.2) is 29.6 Å². The summed E-state index contributed by atoms with van der Waals surface area (Å²) in [6, 6.07) is 6.13. The maximum atomic E-state index is 13.9. The highest BCUT2D eigenvalue weighted by Gasteiger charge is 2.61. The van der Waals surface area contributed by atoms with Crippen molar-refractivity contribution in [2.75, 3.05) is 65.5 Å². The van der Waals surface area contributed by atoms with E-state index in [9.17, 15) is 9.59 Å². The zero-order chi connectivity index (χ0) is 29.3. The standard InChI is InChI=1S/C29H40ClN5O5S/c1-18(2)14-22(27(37)35-15-21(30)24-25(35)29(38-4,39-5)17-40-24)31-26(36)20-8-6-19(7-9-20)23-16-41-28(32-23)34-12-10-33(3)11-13-34/h6-9,16,18,21-22,24-25H,10-15,17H2,1-5H3,(H,31,36)/t21-,22+,24-,25+/m1/s1. The van der Waals surface area contributed by atoms with Crippen molar-refractivity contribution in [1.82, 2.24) is 20.1 Å². The zero-order valence-corrected chi connectivity index (χ0v) is 25.9. The van der Waals surface area contributed by atoms with Crippen molar-refractivity contribution in [2.24, 2.45) is 5.92 Å². The van der Waals surface area contributed by atoms with Crippen LogP contribution in [0.25, 0.3) is 11.3 Å². The summed E-state index contributed by atoms with van der Waals surface area (Å²) >= 11 is 8.24. The first-order chi connectivity index (χ1) is 19.7. The summed E-state index contributed by atoms with van der Waals surface area (Å²) in [5.74, 6) is -1.46. The maximum absolute atomic E-state index is 13.9. The Morgan fingerprint density at radius 2 is 1.85 bits per heavy atom. The van der Waals surface area contributed by atoms with Crippen LogP contribution in [0.2, 0.25) is 0 Å². The van der Waals surface area contributed by atoms with Crippen molar-refractivity contribution >= 4 is 39.9 Å². The average Bonchev–Trinajstić information content (AvgIpc) is 3.69. The molecule has 5 rings (SSSR count). The molecule has 0 radical (unpaired) electrons. The van der Waals surface area contributed by atoms with E-state index in [1.165, 1.54) is 14.2 Å². The smallest absolute Gasteiger partial charge is 0.251 e. The minimum atomic E-state index is -1.11. The van der Waals surface area contributed by atoms with Crippen molar-refractivity contribution in [3.05, 3.63) is 35.2 Å². The molecule has 3 saturated heterocycles. The lowest BCUT2D eigenvalue weighted by atomic mass is 10.00. The van der Waals surface area contributed by atoms with Gasteiger partial charge in [-0.25, -0.2) is 4.98 Å². The first kappa shape index (κ1) is 30.2. The van der Waals surface area contributed by atoms with Crippen molar-refractivity contribution in [1.29, 1.82) is 0 Å². The number of thiazole rings is 1. The van der Waals surface area contributed by atoms with Gasteiger partial charge in [0.1, 0.15) is 24.8 Å². The number of likely N-dealkylation sites (N-methyl/N-ethyl adjacent to an activating group) is 1. The summed E-state index contributed by atoms with van der Waals surface area (Å²) in [6.07, 6.45) is 0.0662. The highest BCUT2D eigenvalue weighted by Crippen LogP contribution is 2.41. The molecule has 12 heteroatoms. The molecule has 2 aromatic rings. The summed E-state index contributed by atoms with van der Waals surface area (Å²) in [7, 11) is 5.21. The van der Waals surface area contributed by atoms with Crippen LogP contribution in [0, 0.1) is 5.92 Å². The Kier molecular flexibility index (Phi) is 9.22. The van der Waals surface area contributed by atoms with Crippen LogP contribution < -0.4 is 10.2 Å². The molecule has 2 amide bonds. The quantitative estimate of drug-likeness (QED) is 0.344. The lowest BCUT2D eigenvalue weighted by molar-refractivity contribution is -0.227. The number of carbonyl (C=O) groups excluding carboxylic acids is 2. The number of hydrogen-bond acceptors (Lipinski definition) is 9. The van der Waals surface area contributed by atoms with Gasteiger partial charge in [0.15, 0.2) is 5.13 Å². The van der Waals surface area contributed by atoms with E-state index in [1.54, 1.807) is 28.4 Å². The minimum absolute atomic E-state index is 0.172. The van der Waals surface area contributed by atoms with Crippen molar-refractivity contribution < 1.29 is 23.8 Å². The number of nitrogens with one attached hydrogen (secondary N) is 1. The number of nitrogens with zero attached hydrogens (tertiary/aromatic N) is 4. The van der Waals surface area contributed by atoms with E-state index in [2.05, 4.69) is 27.5 Å². The Bertz CT molecular complexity index is 1210. The molecule has 1 aromatic carbocycles. The molecule has 3 aliphatic heterocycles. The molecule has 4 heterocycles. The number of likely N-dealkylation sites (tertiary alicyclic amines) is 1. The van der Waals surface area contributed by atoms with Crippen LogP contribution >= 0.6 is 22.9 Å². The first-order valence-electron chi connectivity index (χ1n) is 14.1. The second-order valence-corrected chi connectivity index (χ2v) is 12.9. The van der Waals surface area contributed by atoms with Crippen LogP contribution in [0.5, 0.6) is 0 Å². The topological polar surface area (TPSA) is 96.5 Å². The van der Waals surface area contributed by atoms with Crippen molar-refractivity contribution in [2.45, 2.75) is 49.6 Å². The van der Waals surface area contributed by atoms with E-state index in [1.807, 2.05) is 26.0 Å². The monoisotopic (exact) mass is 605 g/mol. The number of halogens is 1. The third-order valence-electron chi connectivity index (χ3n) is 8.30. The van der Waals surface area contributed by atoms with Gasteiger partial charge in [-0.05, 0) is 31.5 Å². The van der Waals surface area contributed by atoms with Crippen LogP contribution in [-0.4, -0.2) is 117 Å². The number of rotatable bonds is 9. The third kappa shape index (κ3) is 6.11. The number of ether oxygens (including phenoxy) is 3. The Labute approximate surface area is 250 Å². The van der Waals surface area contributed by atoms with E-state index in [-0.39, 0.29) is 30.9 Å². The summed E-state index contributed by atoms with van der Waals surface area (Å²) < 4.78 is 17.3. The van der Waals surface area contributed by atoms with Crippen molar-refractivity contribution in [3.63, 3.8) is 0 Å². The first-order valence-corrected chi connectivity index (χ1v) is 15.4. The number of carbonyl (C=O) groups is 2. The summed E-state index contributed by atoms with van der Waals surface area (Å²) in [5.41, 5.74) is 2.31. The number of fused-ring (bicyclic) bond motifs is 1. The van der Waals surface area contributed by atoms with Gasteiger partial charge < -0.3 is 34.2 Å². The fourth-order valence-corrected chi connectivity index (χ4v) is 7.15. The number of amides is 2. The molecule has 224 valence electrons. The van der Waals surface area contributed by atoms with E-state index in [0.29, 0.717) is 12.0 Å². The molecular formula is C29H40ClN5O5S. The van der Waals surface area contributed by atoms with Gasteiger partial charge in [0, 0.05) is 63.5 Å². The SMILES string of the molecule is COC1(OC)CO[C@@H]2[C@H](Cl)CN(C(=O)[C@H](CC(C)C)NC(=O)c3ccc(-c4csc(N5CCN(C)CC5)n4)cc3)[C@@H]21. The Morgan fingerprint density at radius 1 is 1.17 bits per heavy atom. The molecule has 0 saturated carbocycles. The molecule has 3 aliphatic rings. The fourth-order valence-electron chi connectivity index (χ4n) is 5.90. The predicted molar refractivity (Wildman–Crippen MR) is 160 cm³/mol. The molecular weight excluding hydrogens is 566 g/mol. The maximum Gasteiger partial charge on any atom is 0.251 e. The molecule has 0 bridgehead atoms. The van der Waals surface area contributed by atoms with Gasteiger partial charge in [0.2, 0.25) is 11.7 Å². The minimum Gasteiger partial charge on any atom is -0.369 e. The number of benzene rings is 1. The van der Waals surface area contributed by atoms with Gasteiger partial charge in [-0.2, -0.15) is 0 Å². The van der Waals surface area contributed by atoms with Gasteiger partial charge in [-0.3, -0.25) is 9.59 Å².